The summed E-state index contributed by atoms with van der Waals surface area (Å²) in [4.78, 5) is 13.5. The molecule has 0 bridgehead atoms. The first-order valence-corrected chi connectivity index (χ1v) is 5.05. The van der Waals surface area contributed by atoms with E-state index in [9.17, 15) is 4.79 Å². The summed E-state index contributed by atoms with van der Waals surface area (Å²) in [5, 5.41) is 0. The summed E-state index contributed by atoms with van der Waals surface area (Å²) in [7, 11) is 0. The zero-order valence-electron chi connectivity index (χ0n) is 9.26. The molecule has 1 amide bonds. The van der Waals surface area contributed by atoms with Crippen molar-refractivity contribution in [1.29, 1.82) is 0 Å². The maximum absolute atomic E-state index is 11.6. The van der Waals surface area contributed by atoms with Gasteiger partial charge in [-0.2, -0.15) is 0 Å². The number of nitrogens with zero attached hydrogens (tertiary/aromatic N) is 1. The van der Waals surface area contributed by atoms with Gasteiger partial charge in [0, 0.05) is 19.2 Å². The number of carbonyl (C=O) groups is 1. The van der Waals surface area contributed by atoms with E-state index in [-0.39, 0.29) is 5.91 Å². The molecule has 0 aliphatic heterocycles. The number of carbonyl (C=O) groups excluding carboxylic acids is 1. The van der Waals surface area contributed by atoms with Gasteiger partial charge in [0.2, 0.25) is 5.91 Å². The third-order valence-corrected chi connectivity index (χ3v) is 1.71. The van der Waals surface area contributed by atoms with Crippen molar-refractivity contribution in [3.05, 3.63) is 11.6 Å². The predicted molar refractivity (Wildman–Crippen MR) is 56.6 cm³/mol. The van der Waals surface area contributed by atoms with E-state index in [0.717, 1.165) is 31.5 Å². The summed E-state index contributed by atoms with van der Waals surface area (Å²) < 4.78 is 0. The molecule has 0 aliphatic rings. The van der Waals surface area contributed by atoms with Crippen LogP contribution in [0, 0.1) is 0 Å². The second kappa shape index (κ2) is 6.70. The molecular formula is C11H21NO. The summed E-state index contributed by atoms with van der Waals surface area (Å²) in [5.74, 6) is 0.156. The first-order valence-electron chi connectivity index (χ1n) is 5.05. The largest absolute Gasteiger partial charge is 0.339 e. The lowest BCUT2D eigenvalue weighted by Gasteiger charge is -2.19. The monoisotopic (exact) mass is 183 g/mol. The minimum absolute atomic E-state index is 0.156. The smallest absolute Gasteiger partial charge is 0.246 e. The van der Waals surface area contributed by atoms with Crippen molar-refractivity contribution in [3.8, 4) is 0 Å². The van der Waals surface area contributed by atoms with Gasteiger partial charge in [0.1, 0.15) is 0 Å². The summed E-state index contributed by atoms with van der Waals surface area (Å²) in [5.41, 5.74) is 1.07. The Hall–Kier alpha value is -0.790. The van der Waals surface area contributed by atoms with Crippen LogP contribution in [0.2, 0.25) is 0 Å². The van der Waals surface area contributed by atoms with Crippen molar-refractivity contribution < 1.29 is 4.79 Å². The van der Waals surface area contributed by atoms with Crippen LogP contribution in [0.5, 0.6) is 0 Å². The third kappa shape index (κ3) is 5.45. The summed E-state index contributed by atoms with van der Waals surface area (Å²) in [6, 6.07) is 0. The highest BCUT2D eigenvalue weighted by Crippen LogP contribution is 1.99. The lowest BCUT2D eigenvalue weighted by atomic mass is 10.3. The molecule has 0 aromatic heterocycles. The van der Waals surface area contributed by atoms with Crippen LogP contribution >= 0.6 is 0 Å². The highest BCUT2D eigenvalue weighted by atomic mass is 16.2. The summed E-state index contributed by atoms with van der Waals surface area (Å²) in [6.07, 6.45) is 3.77. The molecule has 0 spiro atoms. The predicted octanol–water partition coefficient (Wildman–Crippen LogP) is 2.60. The number of allylic oxidation sites excluding steroid dienone is 1. The Balaban J connectivity index is 4.19. The Labute approximate surface area is 81.6 Å². The molecule has 2 heteroatoms. The van der Waals surface area contributed by atoms with E-state index in [1.165, 1.54) is 0 Å². The van der Waals surface area contributed by atoms with Crippen LogP contribution in [-0.4, -0.2) is 23.9 Å². The van der Waals surface area contributed by atoms with Gasteiger partial charge in [-0.3, -0.25) is 4.79 Å². The molecule has 0 rings (SSSR count). The first kappa shape index (κ1) is 12.2. The molecular weight excluding hydrogens is 162 g/mol. The van der Waals surface area contributed by atoms with Crippen LogP contribution in [0.15, 0.2) is 11.6 Å². The lowest BCUT2D eigenvalue weighted by molar-refractivity contribution is -0.126. The third-order valence-electron chi connectivity index (χ3n) is 1.71. The van der Waals surface area contributed by atoms with Gasteiger partial charge in [-0.25, -0.2) is 0 Å². The molecule has 0 aromatic rings. The zero-order chi connectivity index (χ0) is 10.3. The SMILES string of the molecule is CCCN(CCC)C(=O)C=C(C)C. The number of rotatable bonds is 5. The van der Waals surface area contributed by atoms with Crippen LogP contribution in [-0.2, 0) is 4.79 Å². The van der Waals surface area contributed by atoms with E-state index >= 15 is 0 Å². The molecule has 0 fully saturated rings. The fraction of sp³-hybridized carbons (Fsp3) is 0.727. The van der Waals surface area contributed by atoms with E-state index in [2.05, 4.69) is 13.8 Å². The maximum Gasteiger partial charge on any atom is 0.246 e. The average Bonchev–Trinajstić information content (AvgIpc) is 2.02. The second-order valence-corrected chi connectivity index (χ2v) is 3.55. The van der Waals surface area contributed by atoms with Gasteiger partial charge >= 0.3 is 0 Å². The highest BCUT2D eigenvalue weighted by Gasteiger charge is 2.07. The van der Waals surface area contributed by atoms with Gasteiger partial charge in [-0.15, -0.1) is 0 Å². The molecule has 13 heavy (non-hydrogen) atoms. The topological polar surface area (TPSA) is 20.3 Å². The Bertz CT molecular complexity index is 175. The van der Waals surface area contributed by atoms with Crippen LogP contribution < -0.4 is 0 Å². The molecule has 2 nitrogen and oxygen atoms in total. The lowest BCUT2D eigenvalue weighted by Crippen LogP contribution is -2.31. The molecule has 76 valence electrons. The fourth-order valence-corrected chi connectivity index (χ4v) is 1.21. The van der Waals surface area contributed by atoms with Gasteiger partial charge in [-0.05, 0) is 26.7 Å². The Morgan fingerprint density at radius 3 is 1.92 bits per heavy atom. The fourth-order valence-electron chi connectivity index (χ4n) is 1.21. The van der Waals surface area contributed by atoms with Crippen LogP contribution in [0.25, 0.3) is 0 Å². The zero-order valence-corrected chi connectivity index (χ0v) is 9.26. The minimum atomic E-state index is 0.156. The molecule has 0 saturated carbocycles. The quantitative estimate of drug-likeness (QED) is 0.600. The van der Waals surface area contributed by atoms with Gasteiger partial charge in [-0.1, -0.05) is 19.4 Å². The molecule has 0 heterocycles. The highest BCUT2D eigenvalue weighted by molar-refractivity contribution is 5.88. The van der Waals surface area contributed by atoms with Crippen LogP contribution in [0.3, 0.4) is 0 Å². The van der Waals surface area contributed by atoms with Crippen molar-refractivity contribution in [2.24, 2.45) is 0 Å². The minimum Gasteiger partial charge on any atom is -0.339 e. The van der Waals surface area contributed by atoms with Crippen LogP contribution in [0.1, 0.15) is 40.5 Å². The van der Waals surface area contributed by atoms with Gasteiger partial charge in [0.05, 0.1) is 0 Å². The molecule has 0 radical (unpaired) electrons. The van der Waals surface area contributed by atoms with Crippen molar-refractivity contribution in [3.63, 3.8) is 0 Å². The van der Waals surface area contributed by atoms with E-state index in [1.807, 2.05) is 18.7 Å². The molecule has 0 aliphatic carbocycles. The second-order valence-electron chi connectivity index (χ2n) is 3.55. The van der Waals surface area contributed by atoms with E-state index < -0.39 is 0 Å². The summed E-state index contributed by atoms with van der Waals surface area (Å²) in [6.45, 7) is 9.84. The van der Waals surface area contributed by atoms with E-state index in [0.29, 0.717) is 0 Å². The van der Waals surface area contributed by atoms with Crippen molar-refractivity contribution >= 4 is 5.91 Å². The number of hydrogen-bond acceptors (Lipinski definition) is 1. The Morgan fingerprint density at radius 2 is 1.62 bits per heavy atom. The average molecular weight is 183 g/mol. The van der Waals surface area contributed by atoms with E-state index in [4.69, 9.17) is 0 Å². The number of amides is 1. The molecule has 0 N–H and O–H groups in total. The molecule has 0 saturated heterocycles. The molecule has 0 atom stereocenters. The molecule has 0 unspecified atom stereocenters. The van der Waals surface area contributed by atoms with Gasteiger partial charge in [0.15, 0.2) is 0 Å². The number of hydrogen-bond donors (Lipinski definition) is 0. The standard InChI is InChI=1S/C11H21NO/c1-5-7-12(8-6-2)11(13)9-10(3)4/h9H,5-8H2,1-4H3. The Morgan fingerprint density at radius 1 is 1.15 bits per heavy atom. The van der Waals surface area contributed by atoms with Gasteiger partial charge in [0.25, 0.3) is 0 Å². The van der Waals surface area contributed by atoms with Crippen molar-refractivity contribution in [2.75, 3.05) is 13.1 Å². The van der Waals surface area contributed by atoms with Gasteiger partial charge < -0.3 is 4.90 Å². The van der Waals surface area contributed by atoms with Crippen LogP contribution in [0.4, 0.5) is 0 Å². The Kier molecular flexibility index (Phi) is 6.29. The normalized spacial score (nSPS) is 9.54. The maximum atomic E-state index is 11.6. The van der Waals surface area contributed by atoms with Crippen molar-refractivity contribution in [2.45, 2.75) is 40.5 Å². The molecule has 0 aromatic carbocycles. The summed E-state index contributed by atoms with van der Waals surface area (Å²) >= 11 is 0. The van der Waals surface area contributed by atoms with Crippen molar-refractivity contribution in [1.82, 2.24) is 4.90 Å². The first-order chi connectivity index (χ1) is 6.11. The van der Waals surface area contributed by atoms with E-state index in [1.54, 1.807) is 6.08 Å².